The molecule has 0 atom stereocenters. The van der Waals surface area contributed by atoms with Crippen LogP contribution in [0.1, 0.15) is 17.5 Å². The third-order valence-electron chi connectivity index (χ3n) is 2.87. The molecule has 0 spiro atoms. The third kappa shape index (κ3) is 2.31. The third-order valence-corrected chi connectivity index (χ3v) is 3.74. The maximum absolute atomic E-state index is 5.43. The first-order valence-corrected chi connectivity index (χ1v) is 7.27. The van der Waals surface area contributed by atoms with Gasteiger partial charge in [-0.3, -0.25) is 0 Å². The summed E-state index contributed by atoms with van der Waals surface area (Å²) in [6, 6.07) is 3.87. The van der Waals surface area contributed by atoms with E-state index < -0.39 is 0 Å². The van der Waals surface area contributed by atoms with Crippen molar-refractivity contribution >= 4 is 11.3 Å². The fraction of sp³-hybridized carbons (Fsp3) is 0.154. The lowest BCUT2D eigenvalue weighted by molar-refractivity contribution is 0.387. The Morgan fingerprint density at radius 1 is 1.14 bits per heavy atom. The number of hydrogen-bond acceptors (Lipinski definition) is 9. The molecule has 0 radical (unpaired) electrons. The first-order valence-electron chi connectivity index (χ1n) is 6.39. The van der Waals surface area contributed by atoms with Crippen molar-refractivity contribution in [3.63, 3.8) is 0 Å². The molecule has 0 saturated heterocycles. The molecule has 0 N–H and O–H groups in total. The zero-order chi connectivity index (χ0) is 14.9. The SMILES string of the molecule is Cc1nc(Cc2noc(-c3ncoc3-c3cccs3)n2)no1. The molecule has 0 fully saturated rings. The number of hydrogen-bond donors (Lipinski definition) is 0. The first kappa shape index (κ1) is 12.9. The minimum absolute atomic E-state index is 0.298. The predicted molar refractivity (Wildman–Crippen MR) is 74.9 cm³/mol. The Morgan fingerprint density at radius 3 is 2.77 bits per heavy atom. The maximum Gasteiger partial charge on any atom is 0.280 e. The predicted octanol–water partition coefficient (Wildman–Crippen LogP) is 2.74. The van der Waals surface area contributed by atoms with Crippen molar-refractivity contribution in [2.24, 2.45) is 0 Å². The molecule has 0 aromatic carbocycles. The van der Waals surface area contributed by atoms with Crippen LogP contribution >= 0.6 is 11.3 Å². The van der Waals surface area contributed by atoms with Gasteiger partial charge in [0.25, 0.3) is 5.89 Å². The normalized spacial score (nSPS) is 11.1. The van der Waals surface area contributed by atoms with Gasteiger partial charge in [-0.25, -0.2) is 4.98 Å². The molecule has 0 saturated carbocycles. The smallest absolute Gasteiger partial charge is 0.280 e. The van der Waals surface area contributed by atoms with Gasteiger partial charge in [0.15, 0.2) is 29.5 Å². The lowest BCUT2D eigenvalue weighted by atomic mass is 10.3. The molecular weight excluding hydrogens is 306 g/mol. The molecule has 0 amide bonds. The lowest BCUT2D eigenvalue weighted by Crippen LogP contribution is -1.93. The van der Waals surface area contributed by atoms with Crippen molar-refractivity contribution in [2.75, 3.05) is 0 Å². The van der Waals surface area contributed by atoms with E-state index in [1.54, 1.807) is 18.3 Å². The minimum Gasteiger partial charge on any atom is -0.442 e. The van der Waals surface area contributed by atoms with Crippen LogP contribution in [-0.2, 0) is 6.42 Å². The molecule has 110 valence electrons. The van der Waals surface area contributed by atoms with Gasteiger partial charge in [-0.2, -0.15) is 9.97 Å². The molecule has 4 rings (SSSR count). The van der Waals surface area contributed by atoms with Crippen molar-refractivity contribution in [1.29, 1.82) is 0 Å². The molecule has 0 bridgehead atoms. The molecular formula is C13H9N5O3S. The molecule has 0 unspecified atom stereocenters. The molecule has 4 aromatic rings. The monoisotopic (exact) mass is 315 g/mol. The second-order valence-corrected chi connectivity index (χ2v) is 5.38. The Hall–Kier alpha value is -2.81. The summed E-state index contributed by atoms with van der Waals surface area (Å²) >= 11 is 1.55. The molecule has 0 aliphatic rings. The van der Waals surface area contributed by atoms with Crippen LogP contribution in [0.25, 0.3) is 22.2 Å². The van der Waals surface area contributed by atoms with Crippen molar-refractivity contribution < 1.29 is 13.5 Å². The van der Waals surface area contributed by atoms with E-state index in [4.69, 9.17) is 13.5 Å². The van der Waals surface area contributed by atoms with Crippen LogP contribution in [-0.4, -0.2) is 25.3 Å². The standard InChI is InChI=1S/C13H9N5O3S/c1-7-15-9(17-20-7)5-10-16-13(21-18-10)11-12(19-6-14-11)8-3-2-4-22-8/h2-4,6H,5H2,1H3. The number of thiophene rings is 1. The van der Waals surface area contributed by atoms with Gasteiger partial charge in [-0.1, -0.05) is 16.4 Å². The summed E-state index contributed by atoms with van der Waals surface area (Å²) in [5, 5.41) is 9.67. The average molecular weight is 315 g/mol. The highest BCUT2D eigenvalue weighted by molar-refractivity contribution is 7.13. The van der Waals surface area contributed by atoms with Gasteiger partial charge in [-0.15, -0.1) is 11.3 Å². The van der Waals surface area contributed by atoms with Crippen LogP contribution in [0.15, 0.2) is 37.4 Å². The van der Waals surface area contributed by atoms with E-state index in [1.165, 1.54) is 6.39 Å². The highest BCUT2D eigenvalue weighted by Crippen LogP contribution is 2.32. The number of aryl methyl sites for hydroxylation is 1. The van der Waals surface area contributed by atoms with E-state index >= 15 is 0 Å². The number of rotatable bonds is 4. The molecule has 9 heteroatoms. The number of nitrogens with zero attached hydrogens (tertiary/aromatic N) is 5. The van der Waals surface area contributed by atoms with Crippen LogP contribution < -0.4 is 0 Å². The van der Waals surface area contributed by atoms with Gasteiger partial charge in [0.1, 0.15) is 0 Å². The van der Waals surface area contributed by atoms with Gasteiger partial charge in [0.05, 0.1) is 11.3 Å². The fourth-order valence-electron chi connectivity index (χ4n) is 1.96. The van der Waals surface area contributed by atoms with E-state index in [1.807, 2.05) is 17.5 Å². The van der Waals surface area contributed by atoms with Gasteiger partial charge in [0.2, 0.25) is 5.89 Å². The molecule has 0 aliphatic carbocycles. The maximum atomic E-state index is 5.43. The van der Waals surface area contributed by atoms with Crippen molar-refractivity contribution in [1.82, 2.24) is 25.3 Å². The van der Waals surface area contributed by atoms with Gasteiger partial charge in [-0.05, 0) is 11.4 Å². The zero-order valence-electron chi connectivity index (χ0n) is 11.4. The van der Waals surface area contributed by atoms with Crippen LogP contribution in [0.3, 0.4) is 0 Å². The summed E-state index contributed by atoms with van der Waals surface area (Å²) in [7, 11) is 0. The Labute approximate surface area is 127 Å². The summed E-state index contributed by atoms with van der Waals surface area (Å²) in [4.78, 5) is 13.5. The van der Waals surface area contributed by atoms with Crippen LogP contribution in [0.4, 0.5) is 0 Å². The molecule has 22 heavy (non-hydrogen) atoms. The summed E-state index contributed by atoms with van der Waals surface area (Å²) in [5.74, 6) is 2.36. The molecule has 4 heterocycles. The lowest BCUT2D eigenvalue weighted by Gasteiger charge is -1.92. The molecule has 4 aromatic heterocycles. The average Bonchev–Trinajstić information content (AvgIpc) is 3.26. The van der Waals surface area contributed by atoms with Crippen LogP contribution in [0.2, 0.25) is 0 Å². The van der Waals surface area contributed by atoms with E-state index in [0.717, 1.165) is 4.88 Å². The quantitative estimate of drug-likeness (QED) is 0.566. The van der Waals surface area contributed by atoms with Crippen molar-refractivity contribution in [3.8, 4) is 22.2 Å². The Morgan fingerprint density at radius 2 is 2.00 bits per heavy atom. The molecule has 0 aliphatic heterocycles. The number of aromatic nitrogens is 5. The van der Waals surface area contributed by atoms with E-state index in [2.05, 4.69) is 25.3 Å². The second kappa shape index (κ2) is 5.19. The van der Waals surface area contributed by atoms with Gasteiger partial charge < -0.3 is 13.5 Å². The van der Waals surface area contributed by atoms with E-state index in [-0.39, 0.29) is 0 Å². The summed E-state index contributed by atoms with van der Waals surface area (Å²) in [5.41, 5.74) is 0.519. The Balaban J connectivity index is 1.63. The number of oxazole rings is 1. The van der Waals surface area contributed by atoms with Crippen LogP contribution in [0.5, 0.6) is 0 Å². The highest BCUT2D eigenvalue weighted by Gasteiger charge is 2.20. The Bertz CT molecular complexity index is 892. The first-order chi connectivity index (χ1) is 10.8. The topological polar surface area (TPSA) is 104 Å². The molecule has 8 nitrogen and oxygen atoms in total. The van der Waals surface area contributed by atoms with E-state index in [9.17, 15) is 0 Å². The summed E-state index contributed by atoms with van der Waals surface area (Å²) in [6.07, 6.45) is 1.68. The van der Waals surface area contributed by atoms with Gasteiger partial charge >= 0.3 is 0 Å². The largest absolute Gasteiger partial charge is 0.442 e. The van der Waals surface area contributed by atoms with E-state index in [0.29, 0.717) is 41.3 Å². The van der Waals surface area contributed by atoms with Crippen LogP contribution in [0, 0.1) is 6.92 Å². The minimum atomic E-state index is 0.298. The van der Waals surface area contributed by atoms with Crippen molar-refractivity contribution in [3.05, 3.63) is 41.4 Å². The zero-order valence-corrected chi connectivity index (χ0v) is 12.2. The summed E-state index contributed by atoms with van der Waals surface area (Å²) in [6.45, 7) is 1.72. The second-order valence-electron chi connectivity index (χ2n) is 4.43. The fourth-order valence-corrected chi connectivity index (χ4v) is 2.67. The summed E-state index contributed by atoms with van der Waals surface area (Å²) < 4.78 is 15.6. The van der Waals surface area contributed by atoms with Gasteiger partial charge in [0, 0.05) is 6.92 Å². The highest BCUT2D eigenvalue weighted by atomic mass is 32.1. The Kier molecular flexibility index (Phi) is 3.04. The van der Waals surface area contributed by atoms with Crippen molar-refractivity contribution in [2.45, 2.75) is 13.3 Å².